The Morgan fingerprint density at radius 3 is 2.60 bits per heavy atom. The molecule has 0 aliphatic carbocycles. The van der Waals surface area contributed by atoms with Gasteiger partial charge in [-0.1, -0.05) is 24.3 Å². The quantitative estimate of drug-likeness (QED) is 0.672. The van der Waals surface area contributed by atoms with Crippen LogP contribution in [-0.4, -0.2) is 12.0 Å². The average molecular weight is 276 g/mol. The first-order valence-electron chi connectivity index (χ1n) is 5.96. The van der Waals surface area contributed by atoms with E-state index in [2.05, 4.69) is 5.32 Å². The Hall–Kier alpha value is -2.47. The highest BCUT2D eigenvalue weighted by molar-refractivity contribution is 5.50. The van der Waals surface area contributed by atoms with Gasteiger partial charge < -0.3 is 10.1 Å². The van der Waals surface area contributed by atoms with Gasteiger partial charge in [0.2, 0.25) is 11.6 Å². The summed E-state index contributed by atoms with van der Waals surface area (Å²) in [5.74, 6) is -0.576. The summed E-state index contributed by atoms with van der Waals surface area (Å²) in [6.07, 6.45) is 0. The highest BCUT2D eigenvalue weighted by Gasteiger charge is 2.22. The van der Waals surface area contributed by atoms with E-state index in [-0.39, 0.29) is 5.75 Å². The fourth-order valence-electron chi connectivity index (χ4n) is 1.81. The molecule has 104 valence electrons. The number of ether oxygens (including phenoxy) is 1. The smallest absolute Gasteiger partial charge is 0.346 e. The van der Waals surface area contributed by atoms with Crippen molar-refractivity contribution in [3.63, 3.8) is 0 Å². The number of halogens is 1. The maximum atomic E-state index is 13.5. The molecule has 2 rings (SSSR count). The van der Waals surface area contributed by atoms with Crippen LogP contribution in [0.5, 0.6) is 11.5 Å². The third-order valence-electron chi connectivity index (χ3n) is 2.69. The molecule has 0 aromatic heterocycles. The van der Waals surface area contributed by atoms with Crippen molar-refractivity contribution >= 4 is 5.69 Å². The molecule has 0 spiro atoms. The number of nitro benzene ring substituents is 1. The summed E-state index contributed by atoms with van der Waals surface area (Å²) in [6.45, 7) is 0.541. The molecular weight excluding hydrogens is 263 g/mol. The molecule has 0 saturated carbocycles. The second-order valence-corrected chi connectivity index (χ2v) is 4.08. The summed E-state index contributed by atoms with van der Waals surface area (Å²) < 4.78 is 19.0. The molecular formula is C14H13FN2O3. The van der Waals surface area contributed by atoms with Gasteiger partial charge in [0.15, 0.2) is 0 Å². The number of benzene rings is 2. The van der Waals surface area contributed by atoms with E-state index in [1.165, 1.54) is 12.1 Å². The molecule has 5 nitrogen and oxygen atoms in total. The monoisotopic (exact) mass is 276 g/mol. The van der Waals surface area contributed by atoms with Gasteiger partial charge in [-0.3, -0.25) is 10.1 Å². The van der Waals surface area contributed by atoms with Gasteiger partial charge in [-0.25, -0.2) is 0 Å². The lowest BCUT2D eigenvalue weighted by molar-refractivity contribution is -0.388. The van der Waals surface area contributed by atoms with E-state index < -0.39 is 16.4 Å². The van der Waals surface area contributed by atoms with Gasteiger partial charge >= 0.3 is 5.69 Å². The van der Waals surface area contributed by atoms with E-state index in [1.807, 2.05) is 12.1 Å². The van der Waals surface area contributed by atoms with Crippen LogP contribution in [0.15, 0.2) is 42.5 Å². The zero-order chi connectivity index (χ0) is 14.5. The van der Waals surface area contributed by atoms with Crippen molar-refractivity contribution in [1.29, 1.82) is 0 Å². The predicted octanol–water partition coefficient (Wildman–Crippen LogP) is 3.25. The number of nitrogens with zero attached hydrogens (tertiary/aromatic N) is 1. The number of para-hydroxylation sites is 2. The van der Waals surface area contributed by atoms with Crippen molar-refractivity contribution in [2.75, 3.05) is 7.05 Å². The third kappa shape index (κ3) is 2.92. The molecule has 0 saturated heterocycles. The van der Waals surface area contributed by atoms with Crippen molar-refractivity contribution in [2.45, 2.75) is 6.54 Å². The van der Waals surface area contributed by atoms with Gasteiger partial charge in [0.1, 0.15) is 5.75 Å². The Balaban J connectivity index is 2.40. The van der Waals surface area contributed by atoms with Crippen LogP contribution in [-0.2, 0) is 6.54 Å². The SMILES string of the molecule is CNCc1ccccc1Oc1cccc(F)c1[N+](=O)[O-]. The second-order valence-electron chi connectivity index (χ2n) is 4.08. The Morgan fingerprint density at radius 1 is 1.20 bits per heavy atom. The van der Waals surface area contributed by atoms with E-state index in [0.29, 0.717) is 12.3 Å². The van der Waals surface area contributed by atoms with E-state index >= 15 is 0 Å². The highest BCUT2D eigenvalue weighted by atomic mass is 19.1. The number of hydrogen-bond donors (Lipinski definition) is 1. The van der Waals surface area contributed by atoms with E-state index in [0.717, 1.165) is 11.6 Å². The first-order chi connectivity index (χ1) is 9.63. The van der Waals surface area contributed by atoms with Crippen LogP contribution in [0.25, 0.3) is 0 Å². The molecule has 0 heterocycles. The van der Waals surface area contributed by atoms with Crippen LogP contribution in [0.3, 0.4) is 0 Å². The molecule has 2 aromatic rings. The Labute approximate surface area is 115 Å². The summed E-state index contributed by atoms with van der Waals surface area (Å²) in [4.78, 5) is 10.1. The molecule has 1 N–H and O–H groups in total. The summed E-state index contributed by atoms with van der Waals surface area (Å²) in [5, 5.41) is 13.9. The lowest BCUT2D eigenvalue weighted by Crippen LogP contribution is -2.06. The zero-order valence-electron chi connectivity index (χ0n) is 10.8. The number of nitrogens with one attached hydrogen (secondary N) is 1. The highest BCUT2D eigenvalue weighted by Crippen LogP contribution is 2.34. The van der Waals surface area contributed by atoms with Gasteiger partial charge in [0.05, 0.1) is 4.92 Å². The maximum Gasteiger partial charge on any atom is 0.346 e. The maximum absolute atomic E-state index is 13.5. The zero-order valence-corrected chi connectivity index (χ0v) is 10.8. The minimum atomic E-state index is -0.918. The minimum Gasteiger partial charge on any atom is -0.450 e. The topological polar surface area (TPSA) is 64.4 Å². The Morgan fingerprint density at radius 2 is 1.90 bits per heavy atom. The van der Waals surface area contributed by atoms with Gasteiger partial charge in [-0.15, -0.1) is 0 Å². The van der Waals surface area contributed by atoms with Crippen molar-refractivity contribution in [3.05, 3.63) is 64.0 Å². The third-order valence-corrected chi connectivity index (χ3v) is 2.69. The Kier molecular flexibility index (Phi) is 4.27. The molecule has 0 amide bonds. The summed E-state index contributed by atoms with van der Waals surface area (Å²) in [6, 6.07) is 10.9. The minimum absolute atomic E-state index is 0.112. The molecule has 0 fully saturated rings. The molecule has 0 aliphatic heterocycles. The number of rotatable bonds is 5. The van der Waals surface area contributed by atoms with Crippen LogP contribution in [0, 0.1) is 15.9 Å². The van der Waals surface area contributed by atoms with Gasteiger partial charge in [-0.2, -0.15) is 4.39 Å². The normalized spacial score (nSPS) is 10.3. The van der Waals surface area contributed by atoms with Crippen molar-refractivity contribution in [2.24, 2.45) is 0 Å². The molecule has 0 bridgehead atoms. The summed E-state index contributed by atoms with van der Waals surface area (Å²) in [5.41, 5.74) is 0.167. The largest absolute Gasteiger partial charge is 0.450 e. The summed E-state index contributed by atoms with van der Waals surface area (Å²) >= 11 is 0. The lowest BCUT2D eigenvalue weighted by Gasteiger charge is -2.11. The molecule has 20 heavy (non-hydrogen) atoms. The molecule has 2 aromatic carbocycles. The van der Waals surface area contributed by atoms with E-state index in [1.54, 1.807) is 19.2 Å². The molecule has 0 radical (unpaired) electrons. The van der Waals surface area contributed by atoms with Gasteiger partial charge in [0.25, 0.3) is 0 Å². The first kappa shape index (κ1) is 14.0. The van der Waals surface area contributed by atoms with E-state index in [4.69, 9.17) is 4.74 Å². The Bertz CT molecular complexity index is 632. The van der Waals surface area contributed by atoms with Gasteiger partial charge in [-0.05, 0) is 25.2 Å². The van der Waals surface area contributed by atoms with Crippen LogP contribution < -0.4 is 10.1 Å². The van der Waals surface area contributed by atoms with Gasteiger partial charge in [0, 0.05) is 12.1 Å². The van der Waals surface area contributed by atoms with Crippen molar-refractivity contribution in [3.8, 4) is 11.5 Å². The molecule has 0 unspecified atom stereocenters. The van der Waals surface area contributed by atoms with Crippen molar-refractivity contribution in [1.82, 2.24) is 5.32 Å². The van der Waals surface area contributed by atoms with Crippen LogP contribution in [0.1, 0.15) is 5.56 Å². The summed E-state index contributed by atoms with van der Waals surface area (Å²) in [7, 11) is 1.78. The first-order valence-corrected chi connectivity index (χ1v) is 5.96. The average Bonchev–Trinajstić information content (AvgIpc) is 2.41. The second kappa shape index (κ2) is 6.12. The van der Waals surface area contributed by atoms with E-state index in [9.17, 15) is 14.5 Å². The van der Waals surface area contributed by atoms with Crippen molar-refractivity contribution < 1.29 is 14.1 Å². The molecule has 0 atom stereocenters. The van der Waals surface area contributed by atoms with Crippen LogP contribution in [0.2, 0.25) is 0 Å². The fraction of sp³-hybridized carbons (Fsp3) is 0.143. The predicted molar refractivity (Wildman–Crippen MR) is 72.3 cm³/mol. The molecule has 0 aliphatic rings. The lowest BCUT2D eigenvalue weighted by atomic mass is 10.2. The standard InChI is InChI=1S/C14H13FN2O3/c1-16-9-10-5-2-3-7-12(10)20-13-8-4-6-11(15)14(13)17(18)19/h2-8,16H,9H2,1H3. The van der Waals surface area contributed by atoms with Crippen LogP contribution >= 0.6 is 0 Å². The van der Waals surface area contributed by atoms with Crippen LogP contribution in [0.4, 0.5) is 10.1 Å². The fourth-order valence-corrected chi connectivity index (χ4v) is 1.81. The number of nitro groups is 1. The molecule has 6 heteroatoms. The number of hydrogen-bond acceptors (Lipinski definition) is 4.